The molecule has 1 aromatic carbocycles. The number of nitrogens with zero attached hydrogens (tertiary/aromatic N) is 4. The predicted molar refractivity (Wildman–Crippen MR) is 71.1 cm³/mol. The standard InChI is InChI=1S/C13H17N5O/c1-3-10(2)14-12(19)9-18-16-13(15-17-18)11-7-5-4-6-8-11/h4-8,10H,3,9H2,1-2H3,(H,14,19). The minimum atomic E-state index is -0.105. The monoisotopic (exact) mass is 259 g/mol. The number of hydrogen-bond acceptors (Lipinski definition) is 4. The van der Waals surface area contributed by atoms with Crippen LogP contribution in [-0.4, -0.2) is 32.2 Å². The molecule has 6 nitrogen and oxygen atoms in total. The molecule has 1 unspecified atom stereocenters. The molecule has 0 bridgehead atoms. The molecule has 0 saturated carbocycles. The molecule has 2 aromatic rings. The average Bonchev–Trinajstić information content (AvgIpc) is 2.88. The van der Waals surface area contributed by atoms with Crippen molar-refractivity contribution in [2.75, 3.05) is 0 Å². The van der Waals surface area contributed by atoms with Gasteiger partial charge in [0.25, 0.3) is 0 Å². The molecular formula is C13H17N5O. The van der Waals surface area contributed by atoms with Gasteiger partial charge in [-0.15, -0.1) is 10.2 Å². The highest BCUT2D eigenvalue weighted by atomic mass is 16.2. The summed E-state index contributed by atoms with van der Waals surface area (Å²) in [5.74, 6) is 0.420. The lowest BCUT2D eigenvalue weighted by atomic mass is 10.2. The fourth-order valence-electron chi connectivity index (χ4n) is 1.56. The van der Waals surface area contributed by atoms with Gasteiger partial charge in [0.1, 0.15) is 6.54 Å². The van der Waals surface area contributed by atoms with Crippen LogP contribution in [0.4, 0.5) is 0 Å². The largest absolute Gasteiger partial charge is 0.352 e. The summed E-state index contributed by atoms with van der Waals surface area (Å²) < 4.78 is 0. The highest BCUT2D eigenvalue weighted by molar-refractivity contribution is 5.75. The molecule has 6 heteroatoms. The van der Waals surface area contributed by atoms with Crippen molar-refractivity contribution in [1.82, 2.24) is 25.5 Å². The van der Waals surface area contributed by atoms with E-state index in [1.165, 1.54) is 4.80 Å². The Kier molecular flexibility index (Phi) is 4.22. The molecule has 1 aromatic heterocycles. The summed E-state index contributed by atoms with van der Waals surface area (Å²) in [6, 6.07) is 9.70. The first-order chi connectivity index (χ1) is 9.19. The first-order valence-electron chi connectivity index (χ1n) is 6.31. The van der Waals surface area contributed by atoms with Crippen molar-refractivity contribution in [3.05, 3.63) is 30.3 Å². The van der Waals surface area contributed by atoms with E-state index in [2.05, 4.69) is 20.7 Å². The van der Waals surface area contributed by atoms with Gasteiger partial charge in [0, 0.05) is 11.6 Å². The number of nitrogens with one attached hydrogen (secondary N) is 1. The number of benzene rings is 1. The topological polar surface area (TPSA) is 72.7 Å². The van der Waals surface area contributed by atoms with Crippen molar-refractivity contribution < 1.29 is 4.79 Å². The minimum absolute atomic E-state index is 0.0875. The molecule has 1 amide bonds. The van der Waals surface area contributed by atoms with E-state index in [1.54, 1.807) is 0 Å². The van der Waals surface area contributed by atoms with E-state index in [0.717, 1.165) is 12.0 Å². The van der Waals surface area contributed by atoms with Gasteiger partial charge in [0.2, 0.25) is 11.7 Å². The highest BCUT2D eigenvalue weighted by Gasteiger charge is 2.10. The molecule has 1 N–H and O–H groups in total. The zero-order valence-corrected chi connectivity index (χ0v) is 11.1. The minimum Gasteiger partial charge on any atom is -0.352 e. The van der Waals surface area contributed by atoms with Crippen LogP contribution in [0.3, 0.4) is 0 Å². The van der Waals surface area contributed by atoms with Crippen LogP contribution in [0, 0.1) is 0 Å². The van der Waals surface area contributed by atoms with Crippen molar-refractivity contribution in [2.24, 2.45) is 0 Å². The Morgan fingerprint density at radius 3 is 2.79 bits per heavy atom. The molecule has 0 aliphatic carbocycles. The summed E-state index contributed by atoms with van der Waals surface area (Å²) in [4.78, 5) is 13.0. The number of aromatic nitrogens is 4. The average molecular weight is 259 g/mol. The summed E-state index contributed by atoms with van der Waals surface area (Å²) in [5.41, 5.74) is 0.885. The lowest BCUT2D eigenvalue weighted by Crippen LogP contribution is -2.35. The van der Waals surface area contributed by atoms with Crippen LogP contribution >= 0.6 is 0 Å². The van der Waals surface area contributed by atoms with E-state index in [0.29, 0.717) is 5.82 Å². The number of amides is 1. The third-order valence-corrected chi connectivity index (χ3v) is 2.79. The van der Waals surface area contributed by atoms with Crippen LogP contribution in [0.25, 0.3) is 11.4 Å². The SMILES string of the molecule is CCC(C)NC(=O)Cn1nnc(-c2ccccc2)n1. The zero-order valence-electron chi connectivity index (χ0n) is 11.1. The third-order valence-electron chi connectivity index (χ3n) is 2.79. The van der Waals surface area contributed by atoms with E-state index >= 15 is 0 Å². The van der Waals surface area contributed by atoms with Gasteiger partial charge in [0.05, 0.1) is 0 Å². The predicted octanol–water partition coefficient (Wildman–Crippen LogP) is 1.25. The Morgan fingerprint density at radius 1 is 1.37 bits per heavy atom. The second kappa shape index (κ2) is 6.08. The van der Waals surface area contributed by atoms with Crippen LogP contribution in [-0.2, 0) is 11.3 Å². The molecule has 0 radical (unpaired) electrons. The fraction of sp³-hybridized carbons (Fsp3) is 0.385. The van der Waals surface area contributed by atoms with Crippen LogP contribution in [0.5, 0.6) is 0 Å². The van der Waals surface area contributed by atoms with Gasteiger partial charge in [-0.1, -0.05) is 37.3 Å². The van der Waals surface area contributed by atoms with Gasteiger partial charge < -0.3 is 5.32 Å². The van der Waals surface area contributed by atoms with Crippen molar-refractivity contribution in [3.8, 4) is 11.4 Å². The van der Waals surface area contributed by atoms with Crippen LogP contribution in [0.1, 0.15) is 20.3 Å². The summed E-state index contributed by atoms with van der Waals surface area (Å²) in [6.45, 7) is 4.07. The van der Waals surface area contributed by atoms with E-state index in [-0.39, 0.29) is 18.5 Å². The molecule has 1 atom stereocenters. The molecule has 0 spiro atoms. The summed E-state index contributed by atoms with van der Waals surface area (Å²) >= 11 is 0. The van der Waals surface area contributed by atoms with E-state index in [9.17, 15) is 4.79 Å². The molecular weight excluding hydrogens is 242 g/mol. The van der Waals surface area contributed by atoms with Gasteiger partial charge in [-0.3, -0.25) is 4.79 Å². The Bertz CT molecular complexity index is 537. The van der Waals surface area contributed by atoms with Crippen molar-refractivity contribution in [3.63, 3.8) is 0 Å². The second-order valence-electron chi connectivity index (χ2n) is 4.39. The molecule has 19 heavy (non-hydrogen) atoms. The smallest absolute Gasteiger partial charge is 0.243 e. The summed E-state index contributed by atoms with van der Waals surface area (Å²) in [7, 11) is 0. The van der Waals surface area contributed by atoms with Crippen LogP contribution in [0.2, 0.25) is 0 Å². The fourth-order valence-corrected chi connectivity index (χ4v) is 1.56. The number of carbonyl (C=O) groups excluding carboxylic acids is 1. The van der Waals surface area contributed by atoms with Crippen molar-refractivity contribution in [1.29, 1.82) is 0 Å². The normalized spacial score (nSPS) is 12.1. The Labute approximate surface area is 111 Å². The first kappa shape index (κ1) is 13.2. The molecule has 0 aliphatic rings. The summed E-state index contributed by atoms with van der Waals surface area (Å²) in [5, 5.41) is 14.9. The van der Waals surface area contributed by atoms with Crippen LogP contribution < -0.4 is 5.32 Å². The maximum absolute atomic E-state index is 11.7. The third kappa shape index (κ3) is 3.61. The molecule has 0 fully saturated rings. The van der Waals surface area contributed by atoms with Crippen LogP contribution in [0.15, 0.2) is 30.3 Å². The van der Waals surface area contributed by atoms with Gasteiger partial charge in [-0.05, 0) is 18.6 Å². The van der Waals surface area contributed by atoms with E-state index in [4.69, 9.17) is 0 Å². The zero-order chi connectivity index (χ0) is 13.7. The maximum Gasteiger partial charge on any atom is 0.243 e. The van der Waals surface area contributed by atoms with Gasteiger partial charge in [-0.25, -0.2) is 0 Å². The lowest BCUT2D eigenvalue weighted by Gasteiger charge is -2.10. The number of carbonyl (C=O) groups is 1. The number of hydrogen-bond donors (Lipinski definition) is 1. The molecule has 2 rings (SSSR count). The number of rotatable bonds is 5. The van der Waals surface area contributed by atoms with Crippen molar-refractivity contribution in [2.45, 2.75) is 32.9 Å². The van der Waals surface area contributed by atoms with Gasteiger partial charge >= 0.3 is 0 Å². The first-order valence-corrected chi connectivity index (χ1v) is 6.31. The highest BCUT2D eigenvalue weighted by Crippen LogP contribution is 2.11. The lowest BCUT2D eigenvalue weighted by molar-refractivity contribution is -0.122. The Morgan fingerprint density at radius 2 is 2.11 bits per heavy atom. The van der Waals surface area contributed by atoms with Gasteiger partial charge in [-0.2, -0.15) is 4.80 Å². The Balaban J connectivity index is 2.00. The number of tetrazole rings is 1. The van der Waals surface area contributed by atoms with Gasteiger partial charge in [0.15, 0.2) is 0 Å². The second-order valence-corrected chi connectivity index (χ2v) is 4.39. The molecule has 0 aliphatic heterocycles. The molecule has 0 saturated heterocycles. The maximum atomic E-state index is 11.7. The Hall–Kier alpha value is -2.24. The van der Waals surface area contributed by atoms with Crippen molar-refractivity contribution >= 4 is 5.91 Å². The molecule has 1 heterocycles. The summed E-state index contributed by atoms with van der Waals surface area (Å²) in [6.07, 6.45) is 0.895. The molecule has 100 valence electrons. The van der Waals surface area contributed by atoms with E-state index in [1.807, 2.05) is 44.2 Å². The van der Waals surface area contributed by atoms with E-state index < -0.39 is 0 Å². The quantitative estimate of drug-likeness (QED) is 0.877.